The Hall–Kier alpha value is -1.25. The van der Waals surface area contributed by atoms with Crippen molar-refractivity contribution in [1.82, 2.24) is 4.57 Å². The second kappa shape index (κ2) is 3.65. The van der Waals surface area contributed by atoms with Crippen molar-refractivity contribution in [2.75, 3.05) is 5.73 Å². The highest BCUT2D eigenvalue weighted by molar-refractivity contribution is 5.39. The monoisotopic (exact) mass is 220 g/mol. The summed E-state index contributed by atoms with van der Waals surface area (Å²) < 4.78 is 1.90. The van der Waals surface area contributed by atoms with E-state index in [1.165, 1.54) is 25.3 Å². The quantitative estimate of drug-likeness (QED) is 0.790. The second-order valence-electron chi connectivity index (χ2n) is 5.69. The van der Waals surface area contributed by atoms with Gasteiger partial charge in [0.25, 0.3) is 5.56 Å². The molecule has 16 heavy (non-hydrogen) atoms. The van der Waals surface area contributed by atoms with Crippen LogP contribution >= 0.6 is 0 Å². The molecule has 0 aromatic carbocycles. The van der Waals surface area contributed by atoms with Gasteiger partial charge in [0.15, 0.2) is 0 Å². The zero-order valence-electron chi connectivity index (χ0n) is 10.3. The van der Waals surface area contributed by atoms with E-state index in [1.54, 1.807) is 0 Å². The molecule has 3 nitrogen and oxygen atoms in total. The number of anilines is 1. The maximum Gasteiger partial charge on any atom is 0.253 e. The second-order valence-corrected chi connectivity index (χ2v) is 5.69. The van der Waals surface area contributed by atoms with E-state index in [4.69, 9.17) is 5.73 Å². The fourth-order valence-corrected chi connectivity index (χ4v) is 2.33. The molecule has 1 heterocycles. The predicted molar refractivity (Wildman–Crippen MR) is 66.7 cm³/mol. The van der Waals surface area contributed by atoms with Gasteiger partial charge < -0.3 is 10.3 Å². The van der Waals surface area contributed by atoms with Crippen LogP contribution in [-0.2, 0) is 5.54 Å². The summed E-state index contributed by atoms with van der Waals surface area (Å²) in [6.45, 7) is 6.19. The molecule has 0 spiro atoms. The van der Waals surface area contributed by atoms with E-state index >= 15 is 0 Å². The summed E-state index contributed by atoms with van der Waals surface area (Å²) in [5.74, 6) is 0.524. The van der Waals surface area contributed by atoms with Gasteiger partial charge in [-0.15, -0.1) is 0 Å². The molecule has 88 valence electrons. The molecule has 0 radical (unpaired) electrons. The minimum Gasteiger partial charge on any atom is -0.399 e. The largest absolute Gasteiger partial charge is 0.399 e. The molecule has 1 aliphatic carbocycles. The van der Waals surface area contributed by atoms with Crippen LogP contribution in [-0.4, -0.2) is 4.57 Å². The Morgan fingerprint density at radius 2 is 1.94 bits per heavy atom. The molecule has 0 amide bonds. The first-order valence-electron chi connectivity index (χ1n) is 5.92. The molecule has 2 N–H and O–H groups in total. The third-order valence-electron chi connectivity index (χ3n) is 3.28. The van der Waals surface area contributed by atoms with Crippen LogP contribution < -0.4 is 11.3 Å². The van der Waals surface area contributed by atoms with Crippen LogP contribution in [0.15, 0.2) is 16.9 Å². The van der Waals surface area contributed by atoms with E-state index in [9.17, 15) is 4.79 Å². The lowest BCUT2D eigenvalue weighted by molar-refractivity contribution is 0.324. The molecule has 2 rings (SSSR count). The smallest absolute Gasteiger partial charge is 0.253 e. The Morgan fingerprint density at radius 3 is 2.38 bits per heavy atom. The van der Waals surface area contributed by atoms with Crippen molar-refractivity contribution >= 4 is 5.69 Å². The number of nitrogens with two attached hydrogens (primary N) is 1. The Morgan fingerprint density at radius 1 is 1.31 bits per heavy atom. The summed E-state index contributed by atoms with van der Waals surface area (Å²) in [6.07, 6.45) is 3.62. The van der Waals surface area contributed by atoms with Crippen molar-refractivity contribution in [2.45, 2.75) is 51.5 Å². The topological polar surface area (TPSA) is 48.0 Å². The zero-order valence-corrected chi connectivity index (χ0v) is 10.3. The van der Waals surface area contributed by atoms with Crippen LogP contribution in [0.25, 0.3) is 0 Å². The van der Waals surface area contributed by atoms with E-state index < -0.39 is 0 Å². The highest BCUT2D eigenvalue weighted by Crippen LogP contribution is 2.37. The summed E-state index contributed by atoms with van der Waals surface area (Å²) >= 11 is 0. The Bertz CT molecular complexity index is 450. The van der Waals surface area contributed by atoms with Crippen molar-refractivity contribution in [3.63, 3.8) is 0 Å². The van der Waals surface area contributed by atoms with E-state index in [2.05, 4.69) is 20.8 Å². The third kappa shape index (κ3) is 1.86. The summed E-state index contributed by atoms with van der Waals surface area (Å²) in [5.41, 5.74) is 7.33. The van der Waals surface area contributed by atoms with Gasteiger partial charge in [-0.2, -0.15) is 0 Å². The molecular weight excluding hydrogens is 200 g/mol. The molecule has 0 atom stereocenters. The fraction of sp³-hybridized carbons (Fsp3) is 0.615. The summed E-state index contributed by atoms with van der Waals surface area (Å²) in [6, 6.07) is 3.49. The van der Waals surface area contributed by atoms with Crippen LogP contribution in [0.4, 0.5) is 5.69 Å². The van der Waals surface area contributed by atoms with Gasteiger partial charge in [0.2, 0.25) is 0 Å². The Kier molecular flexibility index (Phi) is 2.56. The number of hydrogen-bond donors (Lipinski definition) is 1. The molecule has 0 bridgehead atoms. The lowest BCUT2D eigenvalue weighted by Crippen LogP contribution is -2.37. The molecule has 1 aromatic heterocycles. The summed E-state index contributed by atoms with van der Waals surface area (Å²) in [7, 11) is 0. The van der Waals surface area contributed by atoms with E-state index in [-0.39, 0.29) is 11.1 Å². The minimum atomic E-state index is -0.171. The van der Waals surface area contributed by atoms with E-state index in [1.807, 2.05) is 10.6 Å². The van der Waals surface area contributed by atoms with E-state index in [0.29, 0.717) is 11.6 Å². The van der Waals surface area contributed by atoms with E-state index in [0.717, 1.165) is 5.69 Å². The average molecular weight is 220 g/mol. The summed E-state index contributed by atoms with van der Waals surface area (Å²) in [5, 5.41) is 0. The SMILES string of the molecule is CC(C)(C)n1c(C2CCC2)cc(N)cc1=O. The zero-order chi connectivity index (χ0) is 11.9. The van der Waals surface area contributed by atoms with Crippen LogP contribution in [0.2, 0.25) is 0 Å². The molecule has 0 unspecified atom stereocenters. The highest BCUT2D eigenvalue weighted by Gasteiger charge is 2.27. The van der Waals surface area contributed by atoms with Gasteiger partial charge in [0, 0.05) is 23.0 Å². The van der Waals surface area contributed by atoms with Crippen molar-refractivity contribution in [2.24, 2.45) is 0 Å². The van der Waals surface area contributed by atoms with Crippen molar-refractivity contribution in [3.05, 3.63) is 28.2 Å². The lowest BCUT2D eigenvalue weighted by Gasteiger charge is -2.34. The highest BCUT2D eigenvalue weighted by atomic mass is 16.1. The third-order valence-corrected chi connectivity index (χ3v) is 3.28. The Labute approximate surface area is 96.3 Å². The molecule has 1 fully saturated rings. The number of aromatic nitrogens is 1. The number of nitrogens with zero attached hydrogens (tertiary/aromatic N) is 1. The molecule has 1 aliphatic rings. The van der Waals surface area contributed by atoms with Crippen molar-refractivity contribution in [3.8, 4) is 0 Å². The van der Waals surface area contributed by atoms with Gasteiger partial charge in [-0.05, 0) is 45.6 Å². The minimum absolute atomic E-state index is 0.0226. The van der Waals surface area contributed by atoms with Gasteiger partial charge in [-0.3, -0.25) is 4.79 Å². The molecule has 1 saturated carbocycles. The first kappa shape index (κ1) is 11.2. The molecule has 1 aromatic rings. The maximum atomic E-state index is 12.0. The normalized spacial score (nSPS) is 17.2. The number of rotatable bonds is 1. The lowest BCUT2D eigenvalue weighted by atomic mass is 9.81. The number of hydrogen-bond acceptors (Lipinski definition) is 2. The molecule has 0 aliphatic heterocycles. The summed E-state index contributed by atoms with van der Waals surface area (Å²) in [4.78, 5) is 12.0. The standard InChI is InChI=1S/C13H20N2O/c1-13(2,3)15-11(9-5-4-6-9)7-10(14)8-12(15)16/h7-9H,4-6,14H2,1-3H3. The van der Waals surface area contributed by atoms with Gasteiger partial charge >= 0.3 is 0 Å². The van der Waals surface area contributed by atoms with Crippen LogP contribution in [0.1, 0.15) is 51.6 Å². The molecule has 0 saturated heterocycles. The maximum absolute atomic E-state index is 12.0. The average Bonchev–Trinajstić information content (AvgIpc) is 1.94. The van der Waals surface area contributed by atoms with Crippen LogP contribution in [0.3, 0.4) is 0 Å². The molecular formula is C13H20N2O. The van der Waals surface area contributed by atoms with Crippen molar-refractivity contribution in [1.29, 1.82) is 0 Å². The fourth-order valence-electron chi connectivity index (χ4n) is 2.33. The number of nitrogen functional groups attached to an aromatic ring is 1. The first-order chi connectivity index (χ1) is 7.39. The number of pyridine rings is 1. The van der Waals surface area contributed by atoms with Gasteiger partial charge in [0.1, 0.15) is 0 Å². The van der Waals surface area contributed by atoms with Gasteiger partial charge in [-0.1, -0.05) is 6.42 Å². The molecule has 3 heteroatoms. The van der Waals surface area contributed by atoms with Crippen molar-refractivity contribution < 1.29 is 0 Å². The van der Waals surface area contributed by atoms with Crippen LogP contribution in [0.5, 0.6) is 0 Å². The predicted octanol–water partition coefficient (Wildman–Crippen LogP) is 2.45. The van der Waals surface area contributed by atoms with Crippen LogP contribution in [0, 0.1) is 0 Å². The first-order valence-corrected chi connectivity index (χ1v) is 5.92. The van der Waals surface area contributed by atoms with Gasteiger partial charge in [0.05, 0.1) is 0 Å². The van der Waals surface area contributed by atoms with Gasteiger partial charge in [-0.25, -0.2) is 0 Å². The Balaban J connectivity index is 2.60.